The van der Waals surface area contributed by atoms with Gasteiger partial charge in [0, 0.05) is 0 Å². The Balaban J connectivity index is 3.92. The molecule has 0 rings (SSSR count). The van der Waals surface area contributed by atoms with Crippen LogP contribution in [0.5, 0.6) is 0 Å². The number of nitrogens with two attached hydrogens (primary N) is 1. The molecule has 0 aliphatic carbocycles. The molecule has 0 spiro atoms. The van der Waals surface area contributed by atoms with E-state index in [0.717, 1.165) is 0 Å². The summed E-state index contributed by atoms with van der Waals surface area (Å²) in [6.45, 7) is 3.60. The molecule has 0 aliphatic rings. The minimum absolute atomic E-state index is 0.0430. The fourth-order valence-electron chi connectivity index (χ4n) is 0.853. The predicted molar refractivity (Wildman–Crippen MR) is 46.0 cm³/mol. The Bertz CT molecular complexity index is 193. The zero-order valence-electron chi connectivity index (χ0n) is 7.82. The quantitative estimate of drug-likeness (QED) is 0.593. The van der Waals surface area contributed by atoms with Crippen molar-refractivity contribution in [3.05, 3.63) is 0 Å². The SMILES string of the molecule is CCOC(=O)C[C@H](C)[C@@H](N)C(=O)O. The highest BCUT2D eigenvalue weighted by Crippen LogP contribution is 2.07. The number of ether oxygens (including phenoxy) is 1. The van der Waals surface area contributed by atoms with Crippen LogP contribution in [0.4, 0.5) is 0 Å². The predicted octanol–water partition coefficient (Wildman–Crippen LogP) is -0.0124. The van der Waals surface area contributed by atoms with Crippen LogP contribution in [0.2, 0.25) is 0 Å². The van der Waals surface area contributed by atoms with E-state index in [2.05, 4.69) is 4.74 Å². The molecule has 0 aromatic carbocycles. The second-order valence-electron chi connectivity index (χ2n) is 2.85. The van der Waals surface area contributed by atoms with Gasteiger partial charge in [0.25, 0.3) is 0 Å². The number of rotatable bonds is 5. The van der Waals surface area contributed by atoms with Gasteiger partial charge in [-0.3, -0.25) is 9.59 Å². The number of carbonyl (C=O) groups is 2. The normalized spacial score (nSPS) is 14.7. The molecule has 2 atom stereocenters. The van der Waals surface area contributed by atoms with Gasteiger partial charge < -0.3 is 15.6 Å². The van der Waals surface area contributed by atoms with Crippen molar-refractivity contribution in [2.45, 2.75) is 26.3 Å². The van der Waals surface area contributed by atoms with Crippen LogP contribution in [0, 0.1) is 5.92 Å². The van der Waals surface area contributed by atoms with E-state index < -0.39 is 23.9 Å². The van der Waals surface area contributed by atoms with Crippen molar-refractivity contribution in [1.29, 1.82) is 0 Å². The molecule has 0 radical (unpaired) electrons. The smallest absolute Gasteiger partial charge is 0.320 e. The zero-order valence-corrected chi connectivity index (χ0v) is 7.82. The van der Waals surface area contributed by atoms with Crippen molar-refractivity contribution in [3.63, 3.8) is 0 Å². The molecule has 0 saturated heterocycles. The summed E-state index contributed by atoms with van der Waals surface area (Å²) in [5.41, 5.74) is 5.30. The van der Waals surface area contributed by atoms with Crippen LogP contribution in [0.1, 0.15) is 20.3 Å². The lowest BCUT2D eigenvalue weighted by Gasteiger charge is -2.14. The molecule has 0 unspecified atom stereocenters. The summed E-state index contributed by atoms with van der Waals surface area (Å²) in [6, 6.07) is -1.01. The highest BCUT2D eigenvalue weighted by atomic mass is 16.5. The molecule has 5 heteroatoms. The van der Waals surface area contributed by atoms with E-state index in [4.69, 9.17) is 10.8 Å². The lowest BCUT2D eigenvalue weighted by molar-refractivity contribution is -0.145. The minimum Gasteiger partial charge on any atom is -0.480 e. The molecular weight excluding hydrogens is 174 g/mol. The maximum Gasteiger partial charge on any atom is 0.320 e. The van der Waals surface area contributed by atoms with Crippen molar-refractivity contribution >= 4 is 11.9 Å². The summed E-state index contributed by atoms with van der Waals surface area (Å²) >= 11 is 0. The average molecular weight is 189 g/mol. The maximum atomic E-state index is 10.9. The average Bonchev–Trinajstić information content (AvgIpc) is 2.03. The lowest BCUT2D eigenvalue weighted by atomic mass is 9.99. The Morgan fingerprint density at radius 2 is 2.08 bits per heavy atom. The molecule has 0 fully saturated rings. The van der Waals surface area contributed by atoms with E-state index in [0.29, 0.717) is 6.61 Å². The van der Waals surface area contributed by atoms with Crippen LogP contribution in [-0.4, -0.2) is 29.7 Å². The van der Waals surface area contributed by atoms with Crippen LogP contribution < -0.4 is 5.73 Å². The first-order valence-electron chi connectivity index (χ1n) is 4.13. The van der Waals surface area contributed by atoms with E-state index in [9.17, 15) is 9.59 Å². The van der Waals surface area contributed by atoms with Crippen LogP contribution in [-0.2, 0) is 14.3 Å². The first-order valence-corrected chi connectivity index (χ1v) is 4.13. The fraction of sp³-hybridized carbons (Fsp3) is 0.750. The number of hydrogen-bond acceptors (Lipinski definition) is 4. The number of carboxylic acid groups (broad SMARTS) is 1. The molecule has 0 heterocycles. The Kier molecular flexibility index (Phi) is 5.06. The third-order valence-corrected chi connectivity index (χ3v) is 1.69. The van der Waals surface area contributed by atoms with Gasteiger partial charge >= 0.3 is 11.9 Å². The summed E-state index contributed by atoms with van der Waals surface area (Å²) in [4.78, 5) is 21.3. The highest BCUT2D eigenvalue weighted by molar-refractivity contribution is 5.75. The Morgan fingerprint density at radius 1 is 1.54 bits per heavy atom. The monoisotopic (exact) mass is 189 g/mol. The van der Waals surface area contributed by atoms with Gasteiger partial charge in [-0.1, -0.05) is 6.92 Å². The molecule has 5 nitrogen and oxygen atoms in total. The summed E-state index contributed by atoms with van der Waals surface area (Å²) in [6.07, 6.45) is 0.0430. The van der Waals surface area contributed by atoms with Crippen molar-refractivity contribution in [2.24, 2.45) is 11.7 Å². The van der Waals surface area contributed by atoms with Gasteiger partial charge in [0.2, 0.25) is 0 Å². The Labute approximate surface area is 76.9 Å². The Morgan fingerprint density at radius 3 is 2.46 bits per heavy atom. The van der Waals surface area contributed by atoms with Gasteiger partial charge in [-0.25, -0.2) is 0 Å². The number of esters is 1. The summed E-state index contributed by atoms with van der Waals surface area (Å²) in [5, 5.41) is 8.52. The molecule has 76 valence electrons. The molecule has 0 aliphatic heterocycles. The standard InChI is InChI=1S/C8H15NO4/c1-3-13-6(10)4-5(2)7(9)8(11)12/h5,7H,3-4,9H2,1-2H3,(H,11,12)/t5-,7+/m0/s1. The van der Waals surface area contributed by atoms with Crippen molar-refractivity contribution < 1.29 is 19.4 Å². The Hall–Kier alpha value is -1.10. The zero-order chi connectivity index (χ0) is 10.4. The third-order valence-electron chi connectivity index (χ3n) is 1.69. The van der Waals surface area contributed by atoms with E-state index in [-0.39, 0.29) is 6.42 Å². The first kappa shape index (κ1) is 11.9. The largest absolute Gasteiger partial charge is 0.480 e. The van der Waals surface area contributed by atoms with E-state index >= 15 is 0 Å². The van der Waals surface area contributed by atoms with Gasteiger partial charge in [-0.2, -0.15) is 0 Å². The molecule has 13 heavy (non-hydrogen) atoms. The third kappa shape index (κ3) is 4.47. The van der Waals surface area contributed by atoms with E-state index in [1.807, 2.05) is 0 Å². The van der Waals surface area contributed by atoms with Crippen LogP contribution >= 0.6 is 0 Å². The van der Waals surface area contributed by atoms with Gasteiger partial charge in [0.05, 0.1) is 13.0 Å². The molecule has 0 aromatic rings. The molecular formula is C8H15NO4. The van der Waals surface area contributed by atoms with Crippen molar-refractivity contribution in [2.75, 3.05) is 6.61 Å². The second kappa shape index (κ2) is 5.53. The number of carbonyl (C=O) groups excluding carboxylic acids is 1. The minimum atomic E-state index is -1.10. The molecule has 0 amide bonds. The second-order valence-corrected chi connectivity index (χ2v) is 2.85. The number of aliphatic carboxylic acids is 1. The van der Waals surface area contributed by atoms with Crippen LogP contribution in [0.3, 0.4) is 0 Å². The van der Waals surface area contributed by atoms with Crippen LogP contribution in [0.25, 0.3) is 0 Å². The topological polar surface area (TPSA) is 89.6 Å². The van der Waals surface area contributed by atoms with Gasteiger partial charge in [0.15, 0.2) is 0 Å². The fourth-order valence-corrected chi connectivity index (χ4v) is 0.853. The highest BCUT2D eigenvalue weighted by Gasteiger charge is 2.22. The maximum absolute atomic E-state index is 10.9. The van der Waals surface area contributed by atoms with Crippen molar-refractivity contribution in [1.82, 2.24) is 0 Å². The van der Waals surface area contributed by atoms with E-state index in [1.165, 1.54) is 0 Å². The lowest BCUT2D eigenvalue weighted by Crippen LogP contribution is -2.37. The summed E-state index contributed by atoms with van der Waals surface area (Å²) in [7, 11) is 0. The number of carboxylic acids is 1. The van der Waals surface area contributed by atoms with Crippen molar-refractivity contribution in [3.8, 4) is 0 Å². The molecule has 3 N–H and O–H groups in total. The number of hydrogen-bond donors (Lipinski definition) is 2. The van der Waals surface area contributed by atoms with Gasteiger partial charge in [-0.15, -0.1) is 0 Å². The molecule has 0 saturated carbocycles. The molecule has 0 aromatic heterocycles. The summed E-state index contributed by atoms with van der Waals surface area (Å²) < 4.78 is 4.66. The van der Waals surface area contributed by atoms with E-state index in [1.54, 1.807) is 13.8 Å². The van der Waals surface area contributed by atoms with Crippen LogP contribution in [0.15, 0.2) is 0 Å². The summed E-state index contributed by atoms with van der Waals surface area (Å²) in [5.74, 6) is -1.92. The van der Waals surface area contributed by atoms with Gasteiger partial charge in [0.1, 0.15) is 6.04 Å². The molecule has 0 bridgehead atoms. The van der Waals surface area contributed by atoms with Gasteiger partial charge in [-0.05, 0) is 12.8 Å². The first-order chi connectivity index (χ1) is 5.99.